The molecule has 39 heavy (non-hydrogen) atoms. The van der Waals surface area contributed by atoms with Crippen molar-refractivity contribution in [3.63, 3.8) is 0 Å². The number of para-hydroxylation sites is 1. The van der Waals surface area contributed by atoms with E-state index in [-0.39, 0.29) is 18.8 Å². The van der Waals surface area contributed by atoms with Gasteiger partial charge in [0.15, 0.2) is 5.79 Å². The smallest absolute Gasteiger partial charge is 0.459 e. The van der Waals surface area contributed by atoms with Crippen LogP contribution in [0.2, 0.25) is 0 Å². The van der Waals surface area contributed by atoms with Crippen molar-refractivity contribution in [3.05, 3.63) is 66.2 Å². The summed E-state index contributed by atoms with van der Waals surface area (Å²) in [6.45, 7) is 8.73. The Morgan fingerprint density at radius 1 is 1.05 bits per heavy atom. The molecule has 9 nitrogen and oxygen atoms in total. The second kappa shape index (κ2) is 16.1. The third kappa shape index (κ3) is 13.1. The maximum atomic E-state index is 13.6. The molecule has 10 heteroatoms. The number of carbonyl (C=O) groups excluding carboxylic acids is 1. The van der Waals surface area contributed by atoms with Crippen molar-refractivity contribution in [1.29, 1.82) is 0 Å². The first-order valence-corrected chi connectivity index (χ1v) is 15.1. The van der Waals surface area contributed by atoms with Gasteiger partial charge in [0.2, 0.25) is 0 Å². The van der Waals surface area contributed by atoms with Crippen LogP contribution in [-0.2, 0) is 23.4 Å². The molecule has 1 aliphatic rings. The summed E-state index contributed by atoms with van der Waals surface area (Å²) in [5.41, 5.74) is 1.11. The van der Waals surface area contributed by atoms with E-state index in [9.17, 15) is 9.36 Å². The Labute approximate surface area is 232 Å². The summed E-state index contributed by atoms with van der Waals surface area (Å²) >= 11 is 0. The van der Waals surface area contributed by atoms with Gasteiger partial charge in [0.25, 0.3) is 0 Å². The SMILES string of the molecule is CC(C)(O)O.CCC(CC)COC(=O)[C@H](C)N[P@](=O)(OCC1CC[C@H](c2ccccc2)O1)Oc1ccccc1. The minimum absolute atomic E-state index is 0.0174. The van der Waals surface area contributed by atoms with Crippen LogP contribution in [0.1, 0.15) is 72.0 Å². The van der Waals surface area contributed by atoms with E-state index in [1.807, 2.05) is 36.4 Å². The van der Waals surface area contributed by atoms with Crippen LogP contribution in [0.4, 0.5) is 0 Å². The summed E-state index contributed by atoms with van der Waals surface area (Å²) in [5.74, 6) is -1.31. The fourth-order valence-electron chi connectivity index (χ4n) is 3.77. The predicted octanol–water partition coefficient (Wildman–Crippen LogP) is 5.78. The minimum atomic E-state index is -3.89. The number of ether oxygens (including phenoxy) is 2. The van der Waals surface area contributed by atoms with E-state index in [2.05, 4.69) is 18.9 Å². The fourth-order valence-corrected chi connectivity index (χ4v) is 5.29. The van der Waals surface area contributed by atoms with Gasteiger partial charge in [-0.1, -0.05) is 75.2 Å². The molecule has 2 aromatic rings. The molecule has 3 rings (SSSR count). The Kier molecular flexibility index (Phi) is 13.6. The highest BCUT2D eigenvalue weighted by atomic mass is 31.2. The van der Waals surface area contributed by atoms with Gasteiger partial charge in [0.05, 0.1) is 25.4 Å². The van der Waals surface area contributed by atoms with Crippen molar-refractivity contribution < 1.29 is 38.1 Å². The highest BCUT2D eigenvalue weighted by Crippen LogP contribution is 2.46. The number of benzene rings is 2. The van der Waals surface area contributed by atoms with E-state index in [0.29, 0.717) is 18.3 Å². The van der Waals surface area contributed by atoms with Gasteiger partial charge in [-0.3, -0.25) is 9.32 Å². The van der Waals surface area contributed by atoms with Crippen LogP contribution in [0.3, 0.4) is 0 Å². The van der Waals surface area contributed by atoms with Crippen molar-refractivity contribution in [2.45, 2.75) is 84.3 Å². The molecule has 0 amide bonds. The summed E-state index contributed by atoms with van der Waals surface area (Å²) in [7, 11) is -3.89. The zero-order valence-corrected chi connectivity index (χ0v) is 24.5. The van der Waals surface area contributed by atoms with Crippen LogP contribution in [0.25, 0.3) is 0 Å². The second-order valence-electron chi connectivity index (χ2n) is 10.1. The molecule has 0 saturated carbocycles. The van der Waals surface area contributed by atoms with Crippen LogP contribution in [0.15, 0.2) is 60.7 Å². The first-order chi connectivity index (χ1) is 18.4. The molecule has 0 bridgehead atoms. The van der Waals surface area contributed by atoms with Gasteiger partial charge in [-0.05, 0) is 57.2 Å². The molecule has 1 heterocycles. The normalized spacial score (nSPS) is 19.5. The Bertz CT molecular complexity index is 1000. The lowest BCUT2D eigenvalue weighted by atomic mass is 10.1. The molecular formula is C29H44NO8P. The molecule has 218 valence electrons. The fraction of sp³-hybridized carbons (Fsp3) is 0.552. The predicted molar refractivity (Wildman–Crippen MR) is 150 cm³/mol. The minimum Gasteiger partial charge on any atom is -0.464 e. The molecule has 0 aromatic heterocycles. The molecule has 0 aliphatic carbocycles. The van der Waals surface area contributed by atoms with Crippen LogP contribution < -0.4 is 9.61 Å². The maximum absolute atomic E-state index is 13.6. The van der Waals surface area contributed by atoms with Crippen molar-refractivity contribution in [2.75, 3.05) is 13.2 Å². The van der Waals surface area contributed by atoms with E-state index in [4.69, 9.17) is 28.7 Å². The average molecular weight is 566 g/mol. The van der Waals surface area contributed by atoms with E-state index in [0.717, 1.165) is 31.2 Å². The van der Waals surface area contributed by atoms with Gasteiger partial charge in [0, 0.05) is 0 Å². The lowest BCUT2D eigenvalue weighted by Crippen LogP contribution is -2.36. The molecule has 1 saturated heterocycles. The first kappa shape index (κ1) is 32.9. The summed E-state index contributed by atoms with van der Waals surface area (Å²) in [5, 5.41) is 18.9. The Morgan fingerprint density at radius 3 is 2.18 bits per heavy atom. The van der Waals surface area contributed by atoms with Gasteiger partial charge in [-0.25, -0.2) is 4.57 Å². The topological polar surface area (TPSA) is 124 Å². The molecule has 4 atom stereocenters. The van der Waals surface area contributed by atoms with E-state index in [1.54, 1.807) is 31.2 Å². The summed E-state index contributed by atoms with van der Waals surface area (Å²) < 4.78 is 36.7. The molecule has 2 aromatic carbocycles. The summed E-state index contributed by atoms with van der Waals surface area (Å²) in [4.78, 5) is 12.5. The van der Waals surface area contributed by atoms with E-state index >= 15 is 0 Å². The largest absolute Gasteiger partial charge is 0.464 e. The van der Waals surface area contributed by atoms with Crippen molar-refractivity contribution >= 4 is 13.7 Å². The Morgan fingerprint density at radius 2 is 1.62 bits per heavy atom. The molecule has 0 radical (unpaired) electrons. The molecule has 1 unspecified atom stereocenters. The number of nitrogens with one attached hydrogen (secondary N) is 1. The van der Waals surface area contributed by atoms with Crippen LogP contribution in [0.5, 0.6) is 5.75 Å². The summed E-state index contributed by atoms with van der Waals surface area (Å²) in [6, 6.07) is 17.9. The van der Waals surface area contributed by atoms with Crippen LogP contribution in [-0.4, -0.2) is 47.3 Å². The van der Waals surface area contributed by atoms with Crippen LogP contribution >= 0.6 is 7.75 Å². The van der Waals surface area contributed by atoms with Gasteiger partial charge < -0.3 is 24.2 Å². The van der Waals surface area contributed by atoms with Crippen LogP contribution in [0, 0.1) is 5.92 Å². The zero-order chi connectivity index (χ0) is 28.9. The van der Waals surface area contributed by atoms with Crippen molar-refractivity contribution in [1.82, 2.24) is 5.09 Å². The Balaban J connectivity index is 0.000000976. The molecule has 3 N–H and O–H groups in total. The highest BCUT2D eigenvalue weighted by molar-refractivity contribution is 7.52. The quantitative estimate of drug-likeness (QED) is 0.158. The molecule has 1 aliphatic heterocycles. The molecule has 0 spiro atoms. The standard InChI is InChI=1S/C26H36NO6P.C3H8O2/c1-4-21(5-2)18-30-26(28)20(3)27-34(29,33-23-14-10-7-11-15-23)31-19-24-16-17-25(32-24)22-12-8-6-9-13-22;1-3(2,4)5/h6-15,20-21,24-25H,4-5,16-19H2,1-3H3,(H,27,29);4-5H,1-2H3/t20-,24?,25+,34-;/m0./s1. The lowest BCUT2D eigenvalue weighted by molar-refractivity contribution is -0.146. The number of hydrogen-bond donors (Lipinski definition) is 3. The van der Waals surface area contributed by atoms with Gasteiger partial charge >= 0.3 is 13.7 Å². The summed E-state index contributed by atoms with van der Waals surface area (Å²) in [6.07, 6.45) is 3.24. The van der Waals surface area contributed by atoms with Gasteiger partial charge in [0.1, 0.15) is 11.8 Å². The molecular weight excluding hydrogens is 521 g/mol. The monoisotopic (exact) mass is 565 g/mol. The third-order valence-electron chi connectivity index (χ3n) is 6.00. The number of aliphatic hydroxyl groups is 2. The highest BCUT2D eigenvalue weighted by Gasteiger charge is 2.35. The Hall–Kier alpha value is -2.26. The number of carbonyl (C=O) groups is 1. The average Bonchev–Trinajstić information content (AvgIpc) is 3.37. The lowest BCUT2D eigenvalue weighted by Gasteiger charge is -2.24. The second-order valence-corrected chi connectivity index (χ2v) is 11.8. The maximum Gasteiger partial charge on any atom is 0.459 e. The first-order valence-electron chi connectivity index (χ1n) is 13.5. The van der Waals surface area contributed by atoms with Crippen molar-refractivity contribution in [2.24, 2.45) is 5.92 Å². The number of esters is 1. The molecule has 1 fully saturated rings. The van der Waals surface area contributed by atoms with Crippen molar-refractivity contribution in [3.8, 4) is 5.75 Å². The number of rotatable bonds is 13. The van der Waals surface area contributed by atoms with Gasteiger partial charge in [-0.2, -0.15) is 5.09 Å². The van der Waals surface area contributed by atoms with Gasteiger partial charge in [-0.15, -0.1) is 0 Å². The van der Waals surface area contributed by atoms with E-state index < -0.39 is 25.5 Å². The third-order valence-corrected chi connectivity index (χ3v) is 7.64. The zero-order valence-electron chi connectivity index (χ0n) is 23.6. The number of hydrogen-bond acceptors (Lipinski definition) is 8. The van der Waals surface area contributed by atoms with E-state index in [1.165, 1.54) is 13.8 Å².